The Bertz CT molecular complexity index is 585. The summed E-state index contributed by atoms with van der Waals surface area (Å²) in [6.45, 7) is 6.23. The Kier molecular flexibility index (Phi) is 11.1. The van der Waals surface area contributed by atoms with E-state index < -0.39 is 0 Å². The number of fused-ring (bicyclic) bond motifs is 1. The molecule has 1 aromatic rings. The highest BCUT2D eigenvalue weighted by atomic mass is 127. The molecule has 8 heteroatoms. The number of rotatable bonds is 8. The quantitative estimate of drug-likeness (QED) is 0.246. The van der Waals surface area contributed by atoms with Gasteiger partial charge < -0.3 is 19.9 Å². The average molecular weight is 504 g/mol. The van der Waals surface area contributed by atoms with Crippen LogP contribution in [0.25, 0.3) is 0 Å². The van der Waals surface area contributed by atoms with Gasteiger partial charge in [-0.3, -0.25) is 0 Å². The molecule has 0 saturated heterocycles. The molecule has 0 unspecified atom stereocenters. The fourth-order valence-electron chi connectivity index (χ4n) is 3.91. The lowest BCUT2D eigenvalue weighted by molar-refractivity contribution is 0.0277. The number of ether oxygens (including phenoxy) is 1. The summed E-state index contributed by atoms with van der Waals surface area (Å²) in [7, 11) is 0. The molecular weight excluding hydrogens is 467 g/mol. The van der Waals surface area contributed by atoms with Gasteiger partial charge in [-0.05, 0) is 39.0 Å². The van der Waals surface area contributed by atoms with Crippen molar-refractivity contribution in [1.29, 1.82) is 0 Å². The summed E-state index contributed by atoms with van der Waals surface area (Å²) in [6.07, 6.45) is 12.7. The van der Waals surface area contributed by atoms with Gasteiger partial charge in [0.1, 0.15) is 12.4 Å². The van der Waals surface area contributed by atoms with E-state index in [0.717, 1.165) is 56.7 Å². The van der Waals surface area contributed by atoms with Crippen LogP contribution in [0.2, 0.25) is 0 Å². The number of aliphatic imine (C=N–C) groups is 1. The molecule has 7 nitrogen and oxygen atoms in total. The Hall–Kier alpha value is -0.900. The maximum absolute atomic E-state index is 6.00. The van der Waals surface area contributed by atoms with Crippen LogP contribution in [0.5, 0.6) is 0 Å². The highest BCUT2D eigenvalue weighted by molar-refractivity contribution is 14.0. The molecule has 2 aliphatic rings. The molecule has 0 radical (unpaired) electrons. The number of aromatic nitrogens is 3. The van der Waals surface area contributed by atoms with Gasteiger partial charge in [0.2, 0.25) is 0 Å². The Morgan fingerprint density at radius 3 is 2.75 bits per heavy atom. The second kappa shape index (κ2) is 13.3. The molecule has 0 atom stereocenters. The smallest absolute Gasteiger partial charge is 0.191 e. The molecule has 0 aromatic carbocycles. The van der Waals surface area contributed by atoms with Crippen molar-refractivity contribution in [2.45, 2.75) is 90.3 Å². The van der Waals surface area contributed by atoms with Gasteiger partial charge in [-0.15, -0.1) is 34.2 Å². The molecule has 2 N–H and O–H groups in total. The van der Waals surface area contributed by atoms with Gasteiger partial charge in [-0.1, -0.05) is 25.7 Å². The van der Waals surface area contributed by atoms with Gasteiger partial charge in [-0.2, -0.15) is 0 Å². The van der Waals surface area contributed by atoms with Crippen LogP contribution in [0.15, 0.2) is 4.99 Å². The Labute approximate surface area is 186 Å². The molecule has 1 aliphatic heterocycles. The van der Waals surface area contributed by atoms with Crippen molar-refractivity contribution in [2.75, 3.05) is 19.7 Å². The maximum atomic E-state index is 6.00. The Balaban J connectivity index is 0.00000280. The molecule has 1 fully saturated rings. The summed E-state index contributed by atoms with van der Waals surface area (Å²) in [5.74, 6) is 2.95. The van der Waals surface area contributed by atoms with E-state index >= 15 is 0 Å². The van der Waals surface area contributed by atoms with Crippen LogP contribution in [-0.4, -0.2) is 46.5 Å². The van der Waals surface area contributed by atoms with E-state index in [0.29, 0.717) is 12.6 Å². The summed E-state index contributed by atoms with van der Waals surface area (Å²) in [5, 5.41) is 15.5. The largest absolute Gasteiger partial charge is 0.378 e. The predicted molar refractivity (Wildman–Crippen MR) is 123 cm³/mol. The fraction of sp³-hybridized carbons (Fsp3) is 0.850. The van der Waals surface area contributed by atoms with Crippen LogP contribution in [0.3, 0.4) is 0 Å². The summed E-state index contributed by atoms with van der Waals surface area (Å²) in [4.78, 5) is 4.71. The van der Waals surface area contributed by atoms with Crippen molar-refractivity contribution in [3.8, 4) is 0 Å². The minimum atomic E-state index is 0. The normalized spacial score (nSPS) is 18.1. The number of nitrogens with one attached hydrogen (secondary N) is 2. The first-order valence-corrected chi connectivity index (χ1v) is 10.9. The third-order valence-corrected chi connectivity index (χ3v) is 5.43. The first-order valence-electron chi connectivity index (χ1n) is 10.9. The molecule has 3 rings (SSSR count). The average Bonchev–Trinajstić information content (AvgIpc) is 2.92. The van der Waals surface area contributed by atoms with E-state index in [2.05, 4.69) is 32.3 Å². The fourth-order valence-corrected chi connectivity index (χ4v) is 3.91. The summed E-state index contributed by atoms with van der Waals surface area (Å²) in [6, 6.07) is 0. The summed E-state index contributed by atoms with van der Waals surface area (Å²) >= 11 is 0. The van der Waals surface area contributed by atoms with Crippen molar-refractivity contribution in [1.82, 2.24) is 25.4 Å². The number of nitrogens with zero attached hydrogens (tertiary/aromatic N) is 4. The second-order valence-corrected chi connectivity index (χ2v) is 7.60. The number of halogens is 1. The van der Waals surface area contributed by atoms with E-state index in [4.69, 9.17) is 9.73 Å². The van der Waals surface area contributed by atoms with Crippen LogP contribution in [0.4, 0.5) is 0 Å². The first kappa shape index (κ1) is 23.4. The zero-order valence-electron chi connectivity index (χ0n) is 17.3. The van der Waals surface area contributed by atoms with Crippen molar-refractivity contribution in [2.24, 2.45) is 4.99 Å². The number of hydrogen-bond acceptors (Lipinski definition) is 4. The van der Waals surface area contributed by atoms with Crippen LogP contribution in [0, 0.1) is 0 Å². The molecule has 1 saturated carbocycles. The van der Waals surface area contributed by atoms with Gasteiger partial charge in [0.25, 0.3) is 0 Å². The monoisotopic (exact) mass is 504 g/mol. The molecule has 0 bridgehead atoms. The van der Waals surface area contributed by atoms with Crippen LogP contribution in [0.1, 0.15) is 76.4 Å². The lowest BCUT2D eigenvalue weighted by atomic mass is 9.98. The van der Waals surface area contributed by atoms with Gasteiger partial charge >= 0.3 is 0 Å². The van der Waals surface area contributed by atoms with Crippen LogP contribution in [-0.2, 0) is 24.2 Å². The molecule has 1 aliphatic carbocycles. The van der Waals surface area contributed by atoms with Gasteiger partial charge in [0.15, 0.2) is 11.8 Å². The maximum Gasteiger partial charge on any atom is 0.191 e. The number of hydrogen-bond donors (Lipinski definition) is 2. The Morgan fingerprint density at radius 2 is 1.93 bits per heavy atom. The zero-order valence-corrected chi connectivity index (χ0v) is 19.6. The van der Waals surface area contributed by atoms with Crippen LogP contribution >= 0.6 is 24.0 Å². The van der Waals surface area contributed by atoms with Crippen molar-refractivity contribution < 1.29 is 4.74 Å². The predicted octanol–water partition coefficient (Wildman–Crippen LogP) is 3.42. The molecule has 160 valence electrons. The molecule has 2 heterocycles. The standard InChI is InChI=1S/C20H36N6O.HI/c1-2-21-20(22-13-9-15-27-17-10-5-3-6-11-17)23-16-19-25-24-18-12-7-4-8-14-26(18)19;/h17H,2-16H2,1H3,(H2,21,22,23);1H. The van der Waals surface area contributed by atoms with E-state index in [-0.39, 0.29) is 24.0 Å². The minimum absolute atomic E-state index is 0. The molecule has 0 spiro atoms. The van der Waals surface area contributed by atoms with E-state index in [9.17, 15) is 0 Å². The number of aryl methyl sites for hydroxylation is 1. The van der Waals surface area contributed by atoms with Crippen molar-refractivity contribution in [3.63, 3.8) is 0 Å². The third-order valence-electron chi connectivity index (χ3n) is 5.43. The van der Waals surface area contributed by atoms with Crippen LogP contribution < -0.4 is 10.6 Å². The SMILES string of the molecule is CCNC(=NCc1nnc2n1CCCCC2)NCCCOC1CCCCC1.I. The lowest BCUT2D eigenvalue weighted by Crippen LogP contribution is -2.38. The first-order chi connectivity index (χ1) is 13.4. The third kappa shape index (κ3) is 7.50. The molecule has 28 heavy (non-hydrogen) atoms. The summed E-state index contributed by atoms with van der Waals surface area (Å²) in [5.41, 5.74) is 0. The van der Waals surface area contributed by atoms with Crippen molar-refractivity contribution in [3.05, 3.63) is 11.6 Å². The van der Waals surface area contributed by atoms with Gasteiger partial charge in [-0.25, -0.2) is 4.99 Å². The van der Waals surface area contributed by atoms with Gasteiger partial charge in [0.05, 0.1) is 6.10 Å². The highest BCUT2D eigenvalue weighted by Crippen LogP contribution is 2.20. The Morgan fingerprint density at radius 1 is 1.11 bits per heavy atom. The molecule has 1 aromatic heterocycles. The summed E-state index contributed by atoms with van der Waals surface area (Å²) < 4.78 is 8.26. The lowest BCUT2D eigenvalue weighted by Gasteiger charge is -2.22. The topological polar surface area (TPSA) is 76.4 Å². The molecule has 0 amide bonds. The minimum Gasteiger partial charge on any atom is -0.378 e. The van der Waals surface area contributed by atoms with Gasteiger partial charge in [0, 0.05) is 32.7 Å². The van der Waals surface area contributed by atoms with Crippen molar-refractivity contribution >= 4 is 29.9 Å². The second-order valence-electron chi connectivity index (χ2n) is 7.60. The number of guanidine groups is 1. The van der Waals surface area contributed by atoms with E-state index in [1.807, 2.05) is 0 Å². The van der Waals surface area contributed by atoms with E-state index in [1.54, 1.807) is 0 Å². The van der Waals surface area contributed by atoms with E-state index in [1.165, 1.54) is 51.4 Å². The zero-order chi connectivity index (χ0) is 18.7. The molecular formula is C20H37IN6O. The highest BCUT2D eigenvalue weighted by Gasteiger charge is 2.15.